The second kappa shape index (κ2) is 7.43. The lowest BCUT2D eigenvalue weighted by molar-refractivity contribution is 0.671. The molecule has 2 aromatic carbocycles. The van der Waals surface area contributed by atoms with E-state index in [1.807, 2.05) is 24.3 Å². The molecule has 0 spiro atoms. The lowest BCUT2D eigenvalue weighted by atomic mass is 10.2. The van der Waals surface area contributed by atoms with Gasteiger partial charge in [0.25, 0.3) is 5.56 Å². The van der Waals surface area contributed by atoms with Crippen LogP contribution in [0.1, 0.15) is 5.56 Å². The van der Waals surface area contributed by atoms with Crippen molar-refractivity contribution in [3.63, 3.8) is 0 Å². The van der Waals surface area contributed by atoms with Gasteiger partial charge in [-0.25, -0.2) is 4.98 Å². The van der Waals surface area contributed by atoms with E-state index < -0.39 is 0 Å². The topological polar surface area (TPSA) is 34.9 Å². The minimum atomic E-state index is -0.110. The molecule has 0 unspecified atom stereocenters. The number of thioether (sulfide) groups is 1. The molecule has 0 saturated heterocycles. The maximum Gasteiger partial charge on any atom is 0.262 e. The minimum absolute atomic E-state index is 0.110. The monoisotopic (exact) mass is 376 g/mol. The Balaban J connectivity index is 2.00. The van der Waals surface area contributed by atoms with E-state index in [0.29, 0.717) is 38.4 Å². The van der Waals surface area contributed by atoms with Crippen LogP contribution in [0.3, 0.4) is 0 Å². The summed E-state index contributed by atoms with van der Waals surface area (Å²) in [5.41, 5.74) is 1.64. The zero-order valence-electron chi connectivity index (χ0n) is 12.7. The van der Waals surface area contributed by atoms with Gasteiger partial charge in [0.05, 0.1) is 10.9 Å². The molecule has 0 radical (unpaired) electrons. The second-order valence-electron chi connectivity index (χ2n) is 5.18. The van der Waals surface area contributed by atoms with Crippen LogP contribution < -0.4 is 5.56 Å². The lowest BCUT2D eigenvalue weighted by Gasteiger charge is -2.11. The number of rotatable bonds is 5. The molecular formula is C18H14Cl2N2OS. The van der Waals surface area contributed by atoms with Crippen LogP contribution in [-0.4, -0.2) is 9.55 Å². The Morgan fingerprint density at radius 2 is 1.83 bits per heavy atom. The molecule has 3 nitrogen and oxygen atoms in total. The summed E-state index contributed by atoms with van der Waals surface area (Å²) >= 11 is 13.4. The molecule has 0 aliphatic carbocycles. The van der Waals surface area contributed by atoms with Gasteiger partial charge in [-0.2, -0.15) is 0 Å². The van der Waals surface area contributed by atoms with Gasteiger partial charge in [0, 0.05) is 22.3 Å². The van der Waals surface area contributed by atoms with Gasteiger partial charge >= 0.3 is 0 Å². The van der Waals surface area contributed by atoms with Crippen molar-refractivity contribution in [1.29, 1.82) is 0 Å². The molecule has 6 heteroatoms. The molecule has 1 aromatic heterocycles. The summed E-state index contributed by atoms with van der Waals surface area (Å²) < 4.78 is 1.62. The molecule has 3 rings (SSSR count). The van der Waals surface area contributed by atoms with Crippen molar-refractivity contribution in [3.05, 3.63) is 81.1 Å². The van der Waals surface area contributed by atoms with E-state index in [1.54, 1.807) is 28.8 Å². The fourth-order valence-electron chi connectivity index (χ4n) is 2.30. The highest BCUT2D eigenvalue weighted by Gasteiger charge is 2.11. The predicted octanol–water partition coefficient (Wildman–Crippen LogP) is 5.18. The van der Waals surface area contributed by atoms with E-state index in [4.69, 9.17) is 23.2 Å². The number of benzene rings is 2. The summed E-state index contributed by atoms with van der Waals surface area (Å²) in [4.78, 5) is 17.4. The van der Waals surface area contributed by atoms with Crippen molar-refractivity contribution in [3.8, 4) is 0 Å². The van der Waals surface area contributed by atoms with E-state index in [1.165, 1.54) is 11.8 Å². The van der Waals surface area contributed by atoms with Crippen molar-refractivity contribution in [2.45, 2.75) is 17.5 Å². The van der Waals surface area contributed by atoms with Gasteiger partial charge in [0.1, 0.15) is 0 Å². The standard InChI is InChI=1S/C18H14Cl2N2OS/c1-2-9-22-17(23)15-10-14(20)7-8-16(15)21-18(22)24-11-12-3-5-13(19)6-4-12/h2-8,10H,1,9,11H2. The number of hydrogen-bond donors (Lipinski definition) is 0. The predicted molar refractivity (Wildman–Crippen MR) is 102 cm³/mol. The molecule has 0 fully saturated rings. The van der Waals surface area contributed by atoms with Crippen LogP contribution >= 0.6 is 35.0 Å². The second-order valence-corrected chi connectivity index (χ2v) is 6.99. The molecule has 0 aliphatic heterocycles. The van der Waals surface area contributed by atoms with Crippen molar-refractivity contribution in [2.24, 2.45) is 0 Å². The van der Waals surface area contributed by atoms with Crippen molar-refractivity contribution >= 4 is 45.9 Å². The third kappa shape index (κ3) is 3.66. The quantitative estimate of drug-likeness (QED) is 0.349. The van der Waals surface area contributed by atoms with Crippen LogP contribution in [0, 0.1) is 0 Å². The molecule has 0 atom stereocenters. The minimum Gasteiger partial charge on any atom is -0.283 e. The molecule has 0 amide bonds. The molecule has 0 aliphatic rings. The van der Waals surface area contributed by atoms with Gasteiger partial charge in [-0.15, -0.1) is 6.58 Å². The van der Waals surface area contributed by atoms with Gasteiger partial charge in [-0.3, -0.25) is 9.36 Å². The first-order chi connectivity index (χ1) is 11.6. The highest BCUT2D eigenvalue weighted by atomic mass is 35.5. The summed E-state index contributed by atoms with van der Waals surface area (Å²) in [7, 11) is 0. The van der Waals surface area contributed by atoms with Crippen LogP contribution in [0.5, 0.6) is 0 Å². The average molecular weight is 377 g/mol. The number of allylic oxidation sites excluding steroid dienone is 1. The lowest BCUT2D eigenvalue weighted by Crippen LogP contribution is -2.22. The maximum absolute atomic E-state index is 12.7. The zero-order chi connectivity index (χ0) is 17.1. The summed E-state index contributed by atoms with van der Waals surface area (Å²) in [6.45, 7) is 4.13. The van der Waals surface area contributed by atoms with Crippen LogP contribution in [0.15, 0.2) is 65.1 Å². The summed E-state index contributed by atoms with van der Waals surface area (Å²) in [6, 6.07) is 12.8. The van der Waals surface area contributed by atoms with Gasteiger partial charge in [0.15, 0.2) is 5.16 Å². The van der Waals surface area contributed by atoms with Crippen LogP contribution in [0.2, 0.25) is 10.0 Å². The third-order valence-electron chi connectivity index (χ3n) is 3.47. The van der Waals surface area contributed by atoms with Crippen molar-refractivity contribution < 1.29 is 0 Å². The highest BCUT2D eigenvalue weighted by Crippen LogP contribution is 2.24. The molecule has 122 valence electrons. The number of nitrogens with zero attached hydrogens (tertiary/aromatic N) is 2. The van der Waals surface area contributed by atoms with Crippen LogP contribution in [0.4, 0.5) is 0 Å². The van der Waals surface area contributed by atoms with Crippen LogP contribution in [0.25, 0.3) is 10.9 Å². The highest BCUT2D eigenvalue weighted by molar-refractivity contribution is 7.98. The average Bonchev–Trinajstić information content (AvgIpc) is 2.58. The number of aromatic nitrogens is 2. The molecule has 0 saturated carbocycles. The van der Waals surface area contributed by atoms with Crippen molar-refractivity contribution in [2.75, 3.05) is 0 Å². The number of hydrogen-bond acceptors (Lipinski definition) is 3. The Labute approximate surface area is 153 Å². The summed E-state index contributed by atoms with van der Waals surface area (Å²) in [6.07, 6.45) is 1.69. The van der Waals surface area contributed by atoms with Crippen molar-refractivity contribution in [1.82, 2.24) is 9.55 Å². The third-order valence-corrected chi connectivity index (χ3v) is 5.01. The normalized spacial score (nSPS) is 10.9. The summed E-state index contributed by atoms with van der Waals surface area (Å²) in [5.74, 6) is 0.694. The first-order valence-corrected chi connectivity index (χ1v) is 9.01. The van der Waals surface area contributed by atoms with E-state index in [2.05, 4.69) is 11.6 Å². The molecule has 24 heavy (non-hydrogen) atoms. The maximum atomic E-state index is 12.7. The molecular weight excluding hydrogens is 363 g/mol. The molecule has 0 bridgehead atoms. The van der Waals surface area contributed by atoms with Gasteiger partial charge in [-0.1, -0.05) is 53.2 Å². The SMILES string of the molecule is C=CCn1c(SCc2ccc(Cl)cc2)nc2ccc(Cl)cc2c1=O. The summed E-state index contributed by atoms with van der Waals surface area (Å²) in [5, 5.41) is 2.39. The Morgan fingerprint density at radius 1 is 1.12 bits per heavy atom. The smallest absolute Gasteiger partial charge is 0.262 e. The van der Waals surface area contributed by atoms with Gasteiger partial charge < -0.3 is 0 Å². The first kappa shape index (κ1) is 17.1. The van der Waals surface area contributed by atoms with E-state index in [-0.39, 0.29) is 5.56 Å². The fourth-order valence-corrected chi connectivity index (χ4v) is 3.56. The molecule has 0 N–H and O–H groups in total. The Morgan fingerprint density at radius 3 is 2.54 bits per heavy atom. The van der Waals surface area contributed by atoms with E-state index in [9.17, 15) is 4.79 Å². The molecule has 3 aromatic rings. The largest absolute Gasteiger partial charge is 0.283 e. The number of halogens is 2. The van der Waals surface area contributed by atoms with E-state index >= 15 is 0 Å². The Hall–Kier alpha value is -1.75. The van der Waals surface area contributed by atoms with Gasteiger partial charge in [0.2, 0.25) is 0 Å². The molecule has 1 heterocycles. The Bertz CT molecular complexity index is 952. The first-order valence-electron chi connectivity index (χ1n) is 7.26. The number of fused-ring (bicyclic) bond motifs is 1. The van der Waals surface area contributed by atoms with Crippen LogP contribution in [-0.2, 0) is 12.3 Å². The van der Waals surface area contributed by atoms with E-state index in [0.717, 1.165) is 5.56 Å². The fraction of sp³-hybridized carbons (Fsp3) is 0.111. The van der Waals surface area contributed by atoms with Gasteiger partial charge in [-0.05, 0) is 35.9 Å². The Kier molecular flexibility index (Phi) is 5.29. The zero-order valence-corrected chi connectivity index (χ0v) is 15.0.